The Morgan fingerprint density at radius 2 is 0.765 bits per heavy atom. The van der Waals surface area contributed by atoms with Crippen LogP contribution in [0, 0.1) is 0 Å². The Kier molecular flexibility index (Phi) is 8.54. The smallest absolute Gasteiger partial charge is 0.180 e. The van der Waals surface area contributed by atoms with Crippen LogP contribution in [0.15, 0.2) is 212 Å². The first-order valence-electron chi connectivity index (χ1n) is 23.7. The van der Waals surface area contributed by atoms with Crippen molar-refractivity contribution in [2.24, 2.45) is 0 Å². The third kappa shape index (κ3) is 5.52. The van der Waals surface area contributed by atoms with E-state index in [1.807, 2.05) is 0 Å². The predicted octanol–water partition coefficient (Wildman–Crippen LogP) is 16.6. The lowest BCUT2D eigenvalue weighted by atomic mass is 9.70. The Balaban J connectivity index is 0.905. The fourth-order valence-electron chi connectivity index (χ4n) is 12.0. The molecule has 0 radical (unpaired) electrons. The number of ether oxygens (including phenoxy) is 2. The van der Waals surface area contributed by atoms with Gasteiger partial charge in [-0.1, -0.05) is 184 Å². The maximum Gasteiger partial charge on any atom is 0.180 e. The quantitative estimate of drug-likeness (QED) is 0.166. The summed E-state index contributed by atoms with van der Waals surface area (Å²) in [5.74, 6) is 1.68. The molecule has 0 amide bonds. The second kappa shape index (κ2) is 14.8. The number of benzene rings is 9. The summed E-state index contributed by atoms with van der Waals surface area (Å²) in [7, 11) is 0. The standard InChI is InChI=1S/C64H45NO2S/c1-63(2)53-20-10-6-16-47(53)51-34-28-43(38-57(51)63)62-60-59(66-36-37-67-60)61(68-62)42-26-31-45(32-27-42)65(44-29-24-41(25-30-44)40-14-4-3-5-15-40)46-33-35-52-50-19-9-13-23-56(50)64(58(52)39-46)54-21-11-7-17-48(54)49-18-8-12-22-55(49)64/h3-35,38-39H,36-37H2,1-2H3. The molecule has 0 saturated heterocycles. The third-order valence-corrected chi connectivity index (χ3v) is 16.4. The average molecular weight is 892 g/mol. The van der Waals surface area contributed by atoms with Crippen molar-refractivity contribution < 1.29 is 9.47 Å². The van der Waals surface area contributed by atoms with E-state index in [0.717, 1.165) is 49.4 Å². The van der Waals surface area contributed by atoms with Crippen LogP contribution in [0.4, 0.5) is 17.1 Å². The highest BCUT2D eigenvalue weighted by Gasteiger charge is 2.51. The summed E-state index contributed by atoms with van der Waals surface area (Å²) >= 11 is 1.76. The number of fused-ring (bicyclic) bond motifs is 14. The van der Waals surface area contributed by atoms with Gasteiger partial charge in [0.15, 0.2) is 11.5 Å². The van der Waals surface area contributed by atoms with E-state index in [1.165, 1.54) is 77.9 Å². The third-order valence-electron chi connectivity index (χ3n) is 15.1. The molecule has 2 heterocycles. The van der Waals surface area contributed by atoms with Gasteiger partial charge in [0.25, 0.3) is 0 Å². The van der Waals surface area contributed by atoms with Crippen LogP contribution < -0.4 is 14.4 Å². The Hall–Kier alpha value is -7.92. The maximum absolute atomic E-state index is 6.50. The molecule has 324 valence electrons. The molecule has 1 aliphatic heterocycles. The molecule has 10 aromatic rings. The fraction of sp³-hybridized carbons (Fsp3) is 0.0938. The molecule has 3 aliphatic carbocycles. The topological polar surface area (TPSA) is 21.7 Å². The molecule has 0 bridgehead atoms. The van der Waals surface area contributed by atoms with Gasteiger partial charge < -0.3 is 14.4 Å². The molecule has 3 nitrogen and oxygen atoms in total. The molecule has 0 atom stereocenters. The van der Waals surface area contributed by atoms with E-state index in [-0.39, 0.29) is 5.41 Å². The normalized spacial score (nSPS) is 14.7. The van der Waals surface area contributed by atoms with Crippen LogP contribution in [0.2, 0.25) is 0 Å². The average Bonchev–Trinajstić information content (AvgIpc) is 4.09. The molecule has 4 heteroatoms. The van der Waals surface area contributed by atoms with Gasteiger partial charge in [-0.25, -0.2) is 0 Å². The first-order valence-corrected chi connectivity index (χ1v) is 24.5. The highest BCUT2D eigenvalue weighted by atomic mass is 32.1. The summed E-state index contributed by atoms with van der Waals surface area (Å²) in [5.41, 5.74) is 23.2. The Labute approximate surface area is 401 Å². The van der Waals surface area contributed by atoms with Gasteiger partial charge in [0.05, 0.1) is 15.2 Å². The van der Waals surface area contributed by atoms with Gasteiger partial charge in [-0.05, 0) is 131 Å². The van der Waals surface area contributed by atoms with Crippen LogP contribution >= 0.6 is 11.3 Å². The van der Waals surface area contributed by atoms with Crippen molar-refractivity contribution in [3.05, 3.63) is 246 Å². The minimum absolute atomic E-state index is 0.0987. The van der Waals surface area contributed by atoms with Crippen molar-refractivity contribution >= 4 is 28.4 Å². The van der Waals surface area contributed by atoms with Gasteiger partial charge in [0, 0.05) is 22.5 Å². The lowest BCUT2D eigenvalue weighted by molar-refractivity contribution is 0.175. The number of hydrogen-bond acceptors (Lipinski definition) is 4. The Bertz CT molecular complexity index is 3590. The number of rotatable bonds is 6. The number of anilines is 3. The minimum atomic E-state index is -0.446. The Morgan fingerprint density at radius 3 is 1.35 bits per heavy atom. The van der Waals surface area contributed by atoms with Crippen LogP contribution in [0.5, 0.6) is 11.5 Å². The van der Waals surface area contributed by atoms with E-state index in [2.05, 4.69) is 231 Å². The number of nitrogens with zero attached hydrogens (tertiary/aromatic N) is 1. The van der Waals surface area contributed by atoms with Crippen molar-refractivity contribution in [3.8, 4) is 76.9 Å². The van der Waals surface area contributed by atoms with Gasteiger partial charge in [-0.15, -0.1) is 11.3 Å². The Morgan fingerprint density at radius 1 is 0.353 bits per heavy atom. The molecule has 1 spiro atoms. The minimum Gasteiger partial charge on any atom is -0.485 e. The van der Waals surface area contributed by atoms with Crippen LogP contribution in [0.3, 0.4) is 0 Å². The summed E-state index contributed by atoms with van der Waals surface area (Å²) in [6.07, 6.45) is 0. The molecule has 0 fully saturated rings. The molecule has 0 unspecified atom stereocenters. The van der Waals surface area contributed by atoms with Crippen LogP contribution in [-0.2, 0) is 10.8 Å². The molecular weight excluding hydrogens is 847 g/mol. The van der Waals surface area contributed by atoms with Crippen molar-refractivity contribution in [1.29, 1.82) is 0 Å². The van der Waals surface area contributed by atoms with Crippen molar-refractivity contribution in [2.75, 3.05) is 18.1 Å². The van der Waals surface area contributed by atoms with Crippen molar-refractivity contribution in [2.45, 2.75) is 24.7 Å². The highest BCUT2D eigenvalue weighted by molar-refractivity contribution is 7.19. The predicted molar refractivity (Wildman–Crippen MR) is 280 cm³/mol. The fourth-order valence-corrected chi connectivity index (χ4v) is 13.2. The molecule has 1 aromatic heterocycles. The zero-order valence-corrected chi connectivity index (χ0v) is 38.6. The van der Waals surface area contributed by atoms with E-state index in [0.29, 0.717) is 13.2 Å². The van der Waals surface area contributed by atoms with Crippen LogP contribution in [0.25, 0.3) is 65.4 Å². The first-order chi connectivity index (χ1) is 33.5. The second-order valence-corrected chi connectivity index (χ2v) is 20.0. The highest BCUT2D eigenvalue weighted by Crippen LogP contribution is 2.63. The van der Waals surface area contributed by atoms with E-state index in [1.54, 1.807) is 11.3 Å². The number of hydrogen-bond donors (Lipinski definition) is 0. The zero-order chi connectivity index (χ0) is 45.1. The molecule has 68 heavy (non-hydrogen) atoms. The van der Waals surface area contributed by atoms with Gasteiger partial charge >= 0.3 is 0 Å². The van der Waals surface area contributed by atoms with E-state index in [4.69, 9.17) is 9.47 Å². The lowest BCUT2D eigenvalue weighted by Gasteiger charge is -2.32. The first kappa shape index (κ1) is 39.3. The molecule has 0 saturated carbocycles. The largest absolute Gasteiger partial charge is 0.485 e. The van der Waals surface area contributed by atoms with E-state index < -0.39 is 5.41 Å². The number of thiophene rings is 1. The lowest BCUT2D eigenvalue weighted by Crippen LogP contribution is -2.26. The van der Waals surface area contributed by atoms with Crippen LogP contribution in [-0.4, -0.2) is 13.2 Å². The second-order valence-electron chi connectivity index (χ2n) is 19.0. The monoisotopic (exact) mass is 891 g/mol. The molecule has 0 N–H and O–H groups in total. The summed E-state index contributed by atoms with van der Waals surface area (Å²) in [6, 6.07) is 78.7. The summed E-state index contributed by atoms with van der Waals surface area (Å²) in [5, 5.41) is 0. The van der Waals surface area contributed by atoms with Gasteiger partial charge in [-0.2, -0.15) is 0 Å². The maximum atomic E-state index is 6.50. The van der Waals surface area contributed by atoms with Gasteiger partial charge in [-0.3, -0.25) is 0 Å². The van der Waals surface area contributed by atoms with Crippen molar-refractivity contribution in [1.82, 2.24) is 0 Å². The van der Waals surface area contributed by atoms with Gasteiger partial charge in [0.1, 0.15) is 13.2 Å². The summed E-state index contributed by atoms with van der Waals surface area (Å²) < 4.78 is 13.0. The van der Waals surface area contributed by atoms with Crippen LogP contribution in [0.1, 0.15) is 47.2 Å². The molecule has 9 aromatic carbocycles. The zero-order valence-electron chi connectivity index (χ0n) is 37.8. The molecule has 14 rings (SSSR count). The SMILES string of the molecule is CC1(C)c2ccccc2-c2ccc(-c3sc(-c4ccc(N(c5ccc(-c6ccccc6)cc5)c5ccc6c(c5)C5(c7ccccc7-c7ccccc75)c5ccccc5-6)cc4)c4c3OCCO4)cc21. The van der Waals surface area contributed by atoms with E-state index in [9.17, 15) is 0 Å². The van der Waals surface area contributed by atoms with Crippen molar-refractivity contribution in [3.63, 3.8) is 0 Å². The molecule has 4 aliphatic rings. The van der Waals surface area contributed by atoms with Gasteiger partial charge in [0.2, 0.25) is 0 Å². The molecular formula is C64H45NO2S. The van der Waals surface area contributed by atoms with E-state index >= 15 is 0 Å². The summed E-state index contributed by atoms with van der Waals surface area (Å²) in [4.78, 5) is 4.61. The summed E-state index contributed by atoms with van der Waals surface area (Å²) in [6.45, 7) is 5.72.